The molecule has 0 fully saturated rings. The zero-order chi connectivity index (χ0) is 20.0. The number of benzene rings is 1. The Morgan fingerprint density at radius 1 is 1.19 bits per heavy atom. The second-order valence-electron chi connectivity index (χ2n) is 6.81. The van der Waals surface area contributed by atoms with Crippen LogP contribution in [-0.4, -0.2) is 29.1 Å². The number of hydrazone groups is 1. The fraction of sp³-hybridized carbons (Fsp3) is 0.350. The predicted octanol–water partition coefficient (Wildman–Crippen LogP) is 3.47. The fourth-order valence-corrected chi connectivity index (χ4v) is 2.91. The van der Waals surface area contributed by atoms with Gasteiger partial charge in [-0.15, -0.1) is 0 Å². The summed E-state index contributed by atoms with van der Waals surface area (Å²) in [5.41, 5.74) is 6.45. The molecule has 0 atom stereocenters. The van der Waals surface area contributed by atoms with Gasteiger partial charge in [-0.05, 0) is 50.1 Å². The molecule has 7 heteroatoms. The van der Waals surface area contributed by atoms with E-state index < -0.39 is 5.91 Å². The zero-order valence-corrected chi connectivity index (χ0v) is 17.6. The minimum atomic E-state index is -0.436. The second kappa shape index (κ2) is 9.50. The molecule has 6 nitrogen and oxygen atoms in total. The van der Waals surface area contributed by atoms with Crippen LogP contribution in [0, 0.1) is 19.8 Å². The summed E-state index contributed by atoms with van der Waals surface area (Å²) in [7, 11) is 0. The van der Waals surface area contributed by atoms with Crippen molar-refractivity contribution in [3.8, 4) is 5.69 Å². The molecule has 2 rings (SSSR count). The summed E-state index contributed by atoms with van der Waals surface area (Å²) in [6.45, 7) is 8.56. The quantitative estimate of drug-likeness (QED) is 0.399. The van der Waals surface area contributed by atoms with E-state index in [9.17, 15) is 9.59 Å². The summed E-state index contributed by atoms with van der Waals surface area (Å²) in [5, 5.41) is 6.69. The number of carbonyl (C=O) groups excluding carboxylic acids is 2. The first-order valence-corrected chi connectivity index (χ1v) is 9.60. The van der Waals surface area contributed by atoms with Crippen LogP contribution in [0.4, 0.5) is 0 Å². The fourth-order valence-electron chi connectivity index (χ4n) is 2.65. The van der Waals surface area contributed by atoms with Gasteiger partial charge in [0.15, 0.2) is 0 Å². The van der Waals surface area contributed by atoms with Crippen molar-refractivity contribution in [3.63, 3.8) is 0 Å². The number of amides is 2. The van der Waals surface area contributed by atoms with Gasteiger partial charge in [-0.25, -0.2) is 5.43 Å². The standard InChI is InChI=1S/C20H25BrN4O2/c1-13(2)11-22-19(26)10-20(27)24-23-12-16-9-14(3)25(15(16)4)18-7-5-17(21)6-8-18/h5-9,12-13H,10-11H2,1-4H3,(H,22,26)(H,24,27)/b23-12+. The van der Waals surface area contributed by atoms with Crippen LogP contribution >= 0.6 is 15.9 Å². The van der Waals surface area contributed by atoms with Crippen LogP contribution in [0.3, 0.4) is 0 Å². The highest BCUT2D eigenvalue weighted by Gasteiger charge is 2.11. The van der Waals surface area contributed by atoms with Crippen LogP contribution in [0.2, 0.25) is 0 Å². The van der Waals surface area contributed by atoms with E-state index in [2.05, 4.69) is 36.3 Å². The number of carbonyl (C=O) groups is 2. The molecule has 0 unspecified atom stereocenters. The summed E-state index contributed by atoms with van der Waals surface area (Å²) in [6.07, 6.45) is 1.36. The van der Waals surface area contributed by atoms with E-state index in [0.717, 1.165) is 27.1 Å². The summed E-state index contributed by atoms with van der Waals surface area (Å²) in [6, 6.07) is 10.0. The van der Waals surface area contributed by atoms with Crippen LogP contribution in [0.1, 0.15) is 37.2 Å². The van der Waals surface area contributed by atoms with Crippen LogP contribution in [-0.2, 0) is 9.59 Å². The molecule has 2 N–H and O–H groups in total. The molecular weight excluding hydrogens is 408 g/mol. The van der Waals surface area contributed by atoms with Crippen molar-refractivity contribution in [3.05, 3.63) is 51.8 Å². The van der Waals surface area contributed by atoms with E-state index >= 15 is 0 Å². The number of aryl methyl sites for hydroxylation is 1. The van der Waals surface area contributed by atoms with E-state index in [-0.39, 0.29) is 12.3 Å². The highest BCUT2D eigenvalue weighted by molar-refractivity contribution is 9.10. The van der Waals surface area contributed by atoms with Crippen LogP contribution in [0.5, 0.6) is 0 Å². The Balaban J connectivity index is 1.99. The van der Waals surface area contributed by atoms with Gasteiger partial charge in [0.2, 0.25) is 11.8 Å². The smallest absolute Gasteiger partial charge is 0.249 e. The lowest BCUT2D eigenvalue weighted by atomic mass is 10.2. The van der Waals surface area contributed by atoms with Gasteiger partial charge in [-0.2, -0.15) is 5.10 Å². The van der Waals surface area contributed by atoms with Gasteiger partial charge < -0.3 is 9.88 Å². The molecule has 144 valence electrons. The van der Waals surface area contributed by atoms with E-state index in [1.54, 1.807) is 6.21 Å². The minimum Gasteiger partial charge on any atom is -0.355 e. The Labute approximate surface area is 168 Å². The second-order valence-corrected chi connectivity index (χ2v) is 7.72. The van der Waals surface area contributed by atoms with E-state index in [0.29, 0.717) is 12.5 Å². The number of hydrogen-bond donors (Lipinski definition) is 2. The van der Waals surface area contributed by atoms with Gasteiger partial charge in [0.25, 0.3) is 0 Å². The molecule has 0 spiro atoms. The van der Waals surface area contributed by atoms with Gasteiger partial charge >= 0.3 is 0 Å². The average molecular weight is 433 g/mol. The first kappa shape index (κ1) is 20.9. The molecule has 27 heavy (non-hydrogen) atoms. The van der Waals surface area contributed by atoms with Crippen LogP contribution < -0.4 is 10.7 Å². The molecule has 1 heterocycles. The molecule has 0 saturated heterocycles. The molecule has 0 aliphatic heterocycles. The van der Waals surface area contributed by atoms with E-state index in [4.69, 9.17) is 0 Å². The SMILES string of the molecule is Cc1cc(/C=N/NC(=O)CC(=O)NCC(C)C)c(C)n1-c1ccc(Br)cc1. The normalized spacial score (nSPS) is 11.2. The molecule has 2 aromatic rings. The maximum Gasteiger partial charge on any atom is 0.249 e. The van der Waals surface area contributed by atoms with Crippen molar-refractivity contribution in [2.24, 2.45) is 11.0 Å². The van der Waals surface area contributed by atoms with Crippen molar-refractivity contribution in [2.75, 3.05) is 6.54 Å². The third-order valence-electron chi connectivity index (χ3n) is 3.98. The third-order valence-corrected chi connectivity index (χ3v) is 4.51. The highest BCUT2D eigenvalue weighted by Crippen LogP contribution is 2.21. The lowest BCUT2D eigenvalue weighted by Crippen LogP contribution is -2.32. The Hall–Kier alpha value is -2.41. The molecule has 0 radical (unpaired) electrons. The van der Waals surface area contributed by atoms with E-state index in [1.807, 2.05) is 58.0 Å². The number of halogens is 1. The van der Waals surface area contributed by atoms with Crippen molar-refractivity contribution in [2.45, 2.75) is 34.1 Å². The zero-order valence-electron chi connectivity index (χ0n) is 16.0. The Bertz CT molecular complexity index is 838. The minimum absolute atomic E-state index is 0.234. The first-order chi connectivity index (χ1) is 12.8. The molecule has 0 saturated carbocycles. The highest BCUT2D eigenvalue weighted by atomic mass is 79.9. The molecule has 0 aliphatic rings. The molecule has 2 amide bonds. The van der Waals surface area contributed by atoms with Crippen molar-refractivity contribution < 1.29 is 9.59 Å². The molecule has 0 aliphatic carbocycles. The maximum absolute atomic E-state index is 11.8. The van der Waals surface area contributed by atoms with Gasteiger partial charge in [-0.3, -0.25) is 9.59 Å². The third kappa shape index (κ3) is 6.06. The maximum atomic E-state index is 11.8. The van der Waals surface area contributed by atoms with Crippen molar-refractivity contribution >= 4 is 34.0 Å². The summed E-state index contributed by atoms with van der Waals surface area (Å²) in [5.74, 6) is -0.393. The van der Waals surface area contributed by atoms with Gasteiger partial charge in [0.05, 0.1) is 6.21 Å². The lowest BCUT2D eigenvalue weighted by molar-refractivity contribution is -0.129. The predicted molar refractivity (Wildman–Crippen MR) is 111 cm³/mol. The number of nitrogens with zero attached hydrogens (tertiary/aromatic N) is 2. The van der Waals surface area contributed by atoms with Crippen molar-refractivity contribution in [1.82, 2.24) is 15.3 Å². The number of nitrogens with one attached hydrogen (secondary N) is 2. The Morgan fingerprint density at radius 3 is 2.48 bits per heavy atom. The summed E-state index contributed by atoms with van der Waals surface area (Å²) >= 11 is 3.44. The molecule has 1 aromatic heterocycles. The van der Waals surface area contributed by atoms with Gasteiger partial charge in [0, 0.05) is 33.7 Å². The Kier molecular flexibility index (Phi) is 7.36. The Morgan fingerprint density at radius 2 is 1.85 bits per heavy atom. The molecular formula is C20H25BrN4O2. The number of rotatable bonds is 7. The summed E-state index contributed by atoms with van der Waals surface area (Å²) in [4.78, 5) is 23.4. The van der Waals surface area contributed by atoms with E-state index in [1.165, 1.54) is 0 Å². The monoisotopic (exact) mass is 432 g/mol. The first-order valence-electron chi connectivity index (χ1n) is 8.81. The molecule has 1 aromatic carbocycles. The largest absolute Gasteiger partial charge is 0.355 e. The number of aromatic nitrogens is 1. The van der Waals surface area contributed by atoms with Gasteiger partial charge in [0.1, 0.15) is 6.42 Å². The lowest BCUT2D eigenvalue weighted by Gasteiger charge is -2.09. The topological polar surface area (TPSA) is 75.5 Å². The average Bonchev–Trinajstić information content (AvgIpc) is 2.88. The summed E-state index contributed by atoms with van der Waals surface area (Å²) < 4.78 is 3.14. The van der Waals surface area contributed by atoms with Crippen LogP contribution in [0.15, 0.2) is 39.9 Å². The molecule has 0 bridgehead atoms. The van der Waals surface area contributed by atoms with Crippen molar-refractivity contribution in [1.29, 1.82) is 0 Å². The van der Waals surface area contributed by atoms with Crippen LogP contribution in [0.25, 0.3) is 5.69 Å². The van der Waals surface area contributed by atoms with Gasteiger partial charge in [-0.1, -0.05) is 29.8 Å². The number of hydrogen-bond acceptors (Lipinski definition) is 3.